The average Bonchev–Trinajstić information content (AvgIpc) is 2.73. The van der Waals surface area contributed by atoms with Crippen molar-refractivity contribution < 1.29 is 19.4 Å². The monoisotopic (exact) mass is 276 g/mol. The number of nitrogens with zero attached hydrogens (tertiary/aromatic N) is 2. The lowest BCUT2D eigenvalue weighted by molar-refractivity contribution is -0.137. The van der Waals surface area contributed by atoms with Gasteiger partial charge in [-0.15, -0.1) is 0 Å². The van der Waals surface area contributed by atoms with E-state index >= 15 is 0 Å². The highest BCUT2D eigenvalue weighted by atomic mass is 16.5. The molecule has 0 aliphatic heterocycles. The molecule has 0 spiro atoms. The lowest BCUT2D eigenvalue weighted by atomic mass is 10.1. The highest BCUT2D eigenvalue weighted by Gasteiger charge is 2.13. The minimum Gasteiger partial charge on any atom is -0.481 e. The molecule has 6 nitrogen and oxygen atoms in total. The van der Waals surface area contributed by atoms with Gasteiger partial charge in [-0.3, -0.25) is 9.59 Å². The summed E-state index contributed by atoms with van der Waals surface area (Å²) in [6.45, 7) is 2.12. The number of ether oxygens (including phenoxy) is 1. The van der Waals surface area contributed by atoms with Crippen LogP contribution < -0.4 is 0 Å². The Labute approximate surface area is 116 Å². The Kier molecular flexibility index (Phi) is 4.14. The number of carboxylic acids is 1. The summed E-state index contributed by atoms with van der Waals surface area (Å²) < 4.78 is 6.90. The number of carbonyl (C=O) groups is 2. The lowest BCUT2D eigenvalue weighted by Gasteiger charge is -2.07. The SMILES string of the molecule is COCc1nc2cc(C(C)=O)ccc2n1CCC(=O)O. The molecule has 0 saturated heterocycles. The highest BCUT2D eigenvalue weighted by Crippen LogP contribution is 2.19. The van der Waals surface area contributed by atoms with Crippen molar-refractivity contribution in [1.29, 1.82) is 0 Å². The van der Waals surface area contributed by atoms with Crippen molar-refractivity contribution >= 4 is 22.8 Å². The van der Waals surface area contributed by atoms with Crippen molar-refractivity contribution in [2.45, 2.75) is 26.5 Å². The zero-order valence-corrected chi connectivity index (χ0v) is 11.4. The van der Waals surface area contributed by atoms with Gasteiger partial charge in [0.15, 0.2) is 5.78 Å². The Hall–Kier alpha value is -2.21. The molecule has 20 heavy (non-hydrogen) atoms. The van der Waals surface area contributed by atoms with E-state index in [2.05, 4.69) is 4.98 Å². The molecule has 0 bridgehead atoms. The van der Waals surface area contributed by atoms with E-state index in [1.54, 1.807) is 25.3 Å². The Morgan fingerprint density at radius 3 is 2.75 bits per heavy atom. The van der Waals surface area contributed by atoms with Crippen LogP contribution >= 0.6 is 0 Å². The molecule has 0 unspecified atom stereocenters. The molecule has 1 aromatic carbocycles. The molecule has 2 rings (SSSR count). The van der Waals surface area contributed by atoms with E-state index in [9.17, 15) is 9.59 Å². The van der Waals surface area contributed by atoms with Gasteiger partial charge in [0.2, 0.25) is 0 Å². The van der Waals surface area contributed by atoms with Gasteiger partial charge in [-0.2, -0.15) is 0 Å². The van der Waals surface area contributed by atoms with Gasteiger partial charge in [0.1, 0.15) is 12.4 Å². The van der Waals surface area contributed by atoms with E-state index < -0.39 is 5.97 Å². The van der Waals surface area contributed by atoms with E-state index in [1.165, 1.54) is 6.92 Å². The van der Waals surface area contributed by atoms with Gasteiger partial charge in [0.25, 0.3) is 0 Å². The number of hydrogen-bond donors (Lipinski definition) is 1. The Bertz CT molecular complexity index is 660. The van der Waals surface area contributed by atoms with E-state index in [-0.39, 0.29) is 12.2 Å². The number of methoxy groups -OCH3 is 1. The fourth-order valence-electron chi connectivity index (χ4n) is 2.09. The van der Waals surface area contributed by atoms with Crippen molar-refractivity contribution in [3.8, 4) is 0 Å². The molecule has 1 N–H and O–H groups in total. The first kappa shape index (κ1) is 14.2. The summed E-state index contributed by atoms with van der Waals surface area (Å²) in [5.74, 6) is -0.236. The lowest BCUT2D eigenvalue weighted by Crippen LogP contribution is -2.08. The Morgan fingerprint density at radius 2 is 2.15 bits per heavy atom. The number of benzene rings is 1. The van der Waals surface area contributed by atoms with Gasteiger partial charge >= 0.3 is 5.97 Å². The van der Waals surface area contributed by atoms with Gasteiger partial charge in [-0.1, -0.05) is 0 Å². The third-order valence-electron chi connectivity index (χ3n) is 3.06. The van der Waals surface area contributed by atoms with Crippen molar-refractivity contribution in [3.05, 3.63) is 29.6 Å². The highest BCUT2D eigenvalue weighted by molar-refractivity contribution is 5.97. The van der Waals surface area contributed by atoms with Gasteiger partial charge in [-0.05, 0) is 25.1 Å². The number of aliphatic carboxylic acids is 1. The number of hydrogen-bond acceptors (Lipinski definition) is 4. The third kappa shape index (κ3) is 2.85. The van der Waals surface area contributed by atoms with Crippen LogP contribution in [0, 0.1) is 0 Å². The normalized spacial score (nSPS) is 10.9. The number of ketones is 1. The maximum absolute atomic E-state index is 11.4. The first-order valence-corrected chi connectivity index (χ1v) is 6.23. The largest absolute Gasteiger partial charge is 0.481 e. The zero-order valence-electron chi connectivity index (χ0n) is 11.4. The molecule has 0 fully saturated rings. The second-order valence-corrected chi connectivity index (χ2v) is 4.52. The third-order valence-corrected chi connectivity index (χ3v) is 3.06. The predicted octanol–water partition coefficient (Wildman–Crippen LogP) is 1.86. The molecule has 0 radical (unpaired) electrons. The van der Waals surface area contributed by atoms with Crippen molar-refractivity contribution in [2.75, 3.05) is 7.11 Å². The average molecular weight is 276 g/mol. The molecule has 0 aliphatic rings. The first-order chi connectivity index (χ1) is 9.52. The molecule has 0 amide bonds. The van der Waals surface area contributed by atoms with Gasteiger partial charge < -0.3 is 14.4 Å². The number of rotatable bonds is 6. The molecule has 0 atom stereocenters. The summed E-state index contributed by atoms with van der Waals surface area (Å²) in [6, 6.07) is 5.23. The standard InChI is InChI=1S/C14H16N2O4/c1-9(17)10-3-4-12-11(7-10)15-13(8-20-2)16(12)6-5-14(18)19/h3-4,7H,5-6,8H2,1-2H3,(H,18,19). The van der Waals surface area contributed by atoms with Crippen LogP contribution in [0.5, 0.6) is 0 Å². The summed E-state index contributed by atoms with van der Waals surface area (Å²) in [5.41, 5.74) is 2.07. The maximum atomic E-state index is 11.4. The van der Waals surface area contributed by atoms with Gasteiger partial charge in [-0.25, -0.2) is 4.98 Å². The number of Topliss-reactive ketones (excluding diaryl/α,β-unsaturated/α-hetero) is 1. The van der Waals surface area contributed by atoms with E-state index in [0.29, 0.717) is 30.1 Å². The number of imidazole rings is 1. The first-order valence-electron chi connectivity index (χ1n) is 6.23. The number of aromatic nitrogens is 2. The summed E-state index contributed by atoms with van der Waals surface area (Å²) >= 11 is 0. The summed E-state index contributed by atoms with van der Waals surface area (Å²) in [4.78, 5) is 26.5. The molecule has 1 aromatic heterocycles. The van der Waals surface area contributed by atoms with E-state index in [1.807, 2.05) is 4.57 Å². The van der Waals surface area contributed by atoms with Gasteiger partial charge in [0, 0.05) is 19.2 Å². The van der Waals surface area contributed by atoms with Crippen LogP contribution in [0.3, 0.4) is 0 Å². The van der Waals surface area contributed by atoms with Crippen LogP contribution in [-0.2, 0) is 22.7 Å². The summed E-state index contributed by atoms with van der Waals surface area (Å²) in [7, 11) is 1.56. The van der Waals surface area contributed by atoms with E-state index in [0.717, 1.165) is 5.52 Å². The summed E-state index contributed by atoms with van der Waals surface area (Å²) in [5, 5.41) is 8.81. The summed E-state index contributed by atoms with van der Waals surface area (Å²) in [6.07, 6.45) is 0.0105. The molecule has 6 heteroatoms. The van der Waals surface area contributed by atoms with Crippen LogP contribution in [0.15, 0.2) is 18.2 Å². The Morgan fingerprint density at radius 1 is 1.40 bits per heavy atom. The van der Waals surface area contributed by atoms with Gasteiger partial charge in [0.05, 0.1) is 17.5 Å². The van der Waals surface area contributed by atoms with Crippen molar-refractivity contribution in [2.24, 2.45) is 0 Å². The minimum atomic E-state index is -0.865. The quantitative estimate of drug-likeness (QED) is 0.814. The van der Waals surface area contributed by atoms with Crippen LogP contribution in [0.2, 0.25) is 0 Å². The van der Waals surface area contributed by atoms with Crippen molar-refractivity contribution in [1.82, 2.24) is 9.55 Å². The van der Waals surface area contributed by atoms with Crippen molar-refractivity contribution in [3.63, 3.8) is 0 Å². The smallest absolute Gasteiger partial charge is 0.305 e. The molecule has 0 saturated carbocycles. The van der Waals surface area contributed by atoms with Crippen LogP contribution in [-0.4, -0.2) is 33.5 Å². The molecular weight excluding hydrogens is 260 g/mol. The molecule has 0 aliphatic carbocycles. The second kappa shape index (κ2) is 5.83. The maximum Gasteiger partial charge on any atom is 0.305 e. The second-order valence-electron chi connectivity index (χ2n) is 4.52. The van der Waals surface area contributed by atoms with E-state index in [4.69, 9.17) is 9.84 Å². The number of carboxylic acid groups (broad SMARTS) is 1. The zero-order chi connectivity index (χ0) is 14.7. The van der Waals surface area contributed by atoms with Crippen LogP contribution in [0.1, 0.15) is 29.5 Å². The number of aryl methyl sites for hydroxylation is 1. The number of fused-ring (bicyclic) bond motifs is 1. The fraction of sp³-hybridized carbons (Fsp3) is 0.357. The predicted molar refractivity (Wildman–Crippen MR) is 72.7 cm³/mol. The van der Waals surface area contributed by atoms with Crippen LogP contribution in [0.4, 0.5) is 0 Å². The van der Waals surface area contributed by atoms with Crippen LogP contribution in [0.25, 0.3) is 11.0 Å². The topological polar surface area (TPSA) is 81.4 Å². The molecule has 106 valence electrons. The number of carbonyl (C=O) groups excluding carboxylic acids is 1. The molecule has 2 aromatic rings. The molecule has 1 heterocycles. The molecular formula is C14H16N2O4. The fourth-order valence-corrected chi connectivity index (χ4v) is 2.09. The Balaban J connectivity index is 2.48. The minimum absolute atomic E-state index is 0.0105.